The van der Waals surface area contributed by atoms with E-state index in [9.17, 15) is 9.90 Å². The topological polar surface area (TPSA) is 81.2 Å². The van der Waals surface area contributed by atoms with E-state index >= 15 is 0 Å². The van der Waals surface area contributed by atoms with Crippen LogP contribution in [-0.2, 0) is 12.8 Å². The number of hydrogen-bond donors (Lipinski definition) is 3. The number of aryl methyl sites for hydroxylation is 1. The van der Waals surface area contributed by atoms with Crippen LogP contribution in [0.2, 0.25) is 0 Å². The lowest BCUT2D eigenvalue weighted by Gasteiger charge is -2.22. The van der Waals surface area contributed by atoms with Crippen LogP contribution in [0.3, 0.4) is 0 Å². The highest BCUT2D eigenvalue weighted by atomic mass is 16.3. The van der Waals surface area contributed by atoms with Crippen LogP contribution in [-0.4, -0.2) is 58.4 Å². The second-order valence-electron chi connectivity index (χ2n) is 6.36. The molecule has 2 aliphatic rings. The number of amides is 1. The lowest BCUT2D eigenvalue weighted by atomic mass is 10.2. The Labute approximate surface area is 131 Å². The molecule has 0 aromatic carbocycles. The van der Waals surface area contributed by atoms with Crippen molar-refractivity contribution in [3.63, 3.8) is 0 Å². The first-order valence-electron chi connectivity index (χ1n) is 8.49. The molecule has 1 aromatic rings. The number of nitrogens with one attached hydrogen (secondary N) is 2. The lowest BCUT2D eigenvalue weighted by Crippen LogP contribution is -2.33. The van der Waals surface area contributed by atoms with Gasteiger partial charge in [0.1, 0.15) is 0 Å². The van der Waals surface area contributed by atoms with Crippen LogP contribution in [0.4, 0.5) is 0 Å². The Kier molecular flexibility index (Phi) is 5.10. The molecule has 0 bridgehead atoms. The van der Waals surface area contributed by atoms with Gasteiger partial charge in [-0.25, -0.2) is 0 Å². The van der Waals surface area contributed by atoms with E-state index in [2.05, 4.69) is 20.4 Å². The normalized spacial score (nSPS) is 21.2. The Morgan fingerprint density at radius 3 is 3.14 bits per heavy atom. The molecule has 3 rings (SSSR count). The fraction of sp³-hybridized carbons (Fsp3) is 0.750. The number of hydrogen-bond acceptors (Lipinski definition) is 4. The molecule has 2 heterocycles. The van der Waals surface area contributed by atoms with Crippen LogP contribution in [0, 0.1) is 0 Å². The molecule has 1 aromatic heterocycles. The maximum Gasteiger partial charge on any atom is 0.272 e. The second kappa shape index (κ2) is 7.24. The van der Waals surface area contributed by atoms with Gasteiger partial charge < -0.3 is 10.4 Å². The quantitative estimate of drug-likeness (QED) is 0.653. The number of unbranched alkanes of at least 4 members (excludes halogenated alkanes) is 1. The Bertz CT molecular complexity index is 514. The fourth-order valence-electron chi connectivity index (χ4n) is 3.63. The van der Waals surface area contributed by atoms with Crippen LogP contribution >= 0.6 is 0 Å². The van der Waals surface area contributed by atoms with E-state index in [1.54, 1.807) is 0 Å². The summed E-state index contributed by atoms with van der Waals surface area (Å²) < 4.78 is 0. The van der Waals surface area contributed by atoms with Gasteiger partial charge in [-0.05, 0) is 58.0 Å². The Balaban J connectivity index is 1.35. The number of nitrogens with zero attached hydrogens (tertiary/aromatic N) is 2. The number of rotatable bonds is 7. The molecule has 0 radical (unpaired) electrons. The minimum absolute atomic E-state index is 0.0474. The minimum Gasteiger partial charge on any atom is -0.395 e. The van der Waals surface area contributed by atoms with Gasteiger partial charge in [-0.1, -0.05) is 0 Å². The van der Waals surface area contributed by atoms with Crippen LogP contribution in [0.25, 0.3) is 0 Å². The van der Waals surface area contributed by atoms with E-state index in [-0.39, 0.29) is 12.5 Å². The van der Waals surface area contributed by atoms with Gasteiger partial charge >= 0.3 is 0 Å². The number of carbonyl (C=O) groups is 1. The molecule has 1 atom stereocenters. The monoisotopic (exact) mass is 306 g/mol. The van der Waals surface area contributed by atoms with Crippen LogP contribution < -0.4 is 5.32 Å². The molecule has 1 fully saturated rings. The zero-order valence-corrected chi connectivity index (χ0v) is 13.1. The van der Waals surface area contributed by atoms with Crippen molar-refractivity contribution in [1.29, 1.82) is 0 Å². The van der Waals surface area contributed by atoms with Crippen molar-refractivity contribution in [2.75, 3.05) is 26.2 Å². The van der Waals surface area contributed by atoms with Crippen molar-refractivity contribution in [2.24, 2.45) is 0 Å². The summed E-state index contributed by atoms with van der Waals surface area (Å²) in [6.07, 6.45) is 7.40. The second-order valence-corrected chi connectivity index (χ2v) is 6.36. The van der Waals surface area contributed by atoms with E-state index in [1.807, 2.05) is 0 Å². The molecule has 1 unspecified atom stereocenters. The third kappa shape index (κ3) is 3.33. The molecule has 6 heteroatoms. The summed E-state index contributed by atoms with van der Waals surface area (Å²) in [7, 11) is 0. The first-order valence-corrected chi connectivity index (χ1v) is 8.49. The minimum atomic E-state index is -0.0474. The molecular weight excluding hydrogens is 280 g/mol. The average Bonchev–Trinajstić information content (AvgIpc) is 3.22. The number of aromatic amines is 1. The molecule has 1 aliphatic carbocycles. The van der Waals surface area contributed by atoms with Gasteiger partial charge in [0.15, 0.2) is 5.69 Å². The van der Waals surface area contributed by atoms with Crippen LogP contribution in [0.5, 0.6) is 0 Å². The van der Waals surface area contributed by atoms with E-state index in [4.69, 9.17) is 0 Å². The maximum atomic E-state index is 12.1. The molecule has 22 heavy (non-hydrogen) atoms. The van der Waals surface area contributed by atoms with Crippen molar-refractivity contribution in [2.45, 2.75) is 51.0 Å². The number of aliphatic hydroxyl groups is 1. The van der Waals surface area contributed by atoms with Gasteiger partial charge in [-0.15, -0.1) is 0 Å². The summed E-state index contributed by atoms with van der Waals surface area (Å²) in [5.41, 5.74) is 2.84. The van der Waals surface area contributed by atoms with Crippen molar-refractivity contribution < 1.29 is 9.90 Å². The summed E-state index contributed by atoms with van der Waals surface area (Å²) in [6.45, 7) is 3.06. The van der Waals surface area contributed by atoms with Gasteiger partial charge in [0.25, 0.3) is 5.91 Å². The molecule has 0 spiro atoms. The van der Waals surface area contributed by atoms with Crippen molar-refractivity contribution in [1.82, 2.24) is 20.4 Å². The maximum absolute atomic E-state index is 12.1. The standard InChI is InChI=1S/C16H26N4O2/c21-11-12-5-4-10-20(12)9-2-1-8-17-16(22)15-13-6-3-7-14(13)18-19-15/h12,21H,1-11H2,(H,17,22)(H,18,19). The molecule has 122 valence electrons. The average molecular weight is 306 g/mol. The number of aliphatic hydroxyl groups excluding tert-OH is 1. The first kappa shape index (κ1) is 15.5. The predicted molar refractivity (Wildman–Crippen MR) is 83.9 cm³/mol. The summed E-state index contributed by atoms with van der Waals surface area (Å²) in [5, 5.41) is 19.4. The van der Waals surface area contributed by atoms with Gasteiger partial charge in [-0.3, -0.25) is 14.8 Å². The van der Waals surface area contributed by atoms with Crippen LogP contribution in [0.15, 0.2) is 0 Å². The van der Waals surface area contributed by atoms with Gasteiger partial charge in [0.2, 0.25) is 0 Å². The van der Waals surface area contributed by atoms with E-state index in [0.717, 1.165) is 62.9 Å². The predicted octanol–water partition coefficient (Wildman–Crippen LogP) is 0.865. The van der Waals surface area contributed by atoms with Gasteiger partial charge in [0.05, 0.1) is 6.61 Å². The number of fused-ring (bicyclic) bond motifs is 1. The van der Waals surface area contributed by atoms with Gasteiger partial charge in [-0.2, -0.15) is 5.10 Å². The molecule has 6 nitrogen and oxygen atoms in total. The Morgan fingerprint density at radius 2 is 2.27 bits per heavy atom. The molecule has 1 aliphatic heterocycles. The first-order chi connectivity index (χ1) is 10.8. The fourth-order valence-corrected chi connectivity index (χ4v) is 3.63. The summed E-state index contributed by atoms with van der Waals surface area (Å²) in [4.78, 5) is 14.5. The van der Waals surface area contributed by atoms with Crippen LogP contribution in [0.1, 0.15) is 53.8 Å². The van der Waals surface area contributed by atoms with E-state index < -0.39 is 0 Å². The van der Waals surface area contributed by atoms with E-state index in [1.165, 1.54) is 6.42 Å². The SMILES string of the molecule is O=C(NCCCCN1CCCC1CO)c1n[nH]c2c1CCC2. The smallest absolute Gasteiger partial charge is 0.272 e. The molecule has 1 amide bonds. The lowest BCUT2D eigenvalue weighted by molar-refractivity contribution is 0.0946. The third-order valence-electron chi connectivity index (χ3n) is 4.89. The Hall–Kier alpha value is -1.40. The number of H-pyrrole nitrogens is 1. The summed E-state index contributed by atoms with van der Waals surface area (Å²) in [6, 6.07) is 0.348. The third-order valence-corrected chi connectivity index (χ3v) is 4.89. The zero-order valence-electron chi connectivity index (χ0n) is 13.1. The summed E-state index contributed by atoms with van der Waals surface area (Å²) in [5.74, 6) is -0.0474. The highest BCUT2D eigenvalue weighted by Crippen LogP contribution is 2.22. The van der Waals surface area contributed by atoms with Crippen molar-refractivity contribution in [3.05, 3.63) is 17.0 Å². The molecule has 1 saturated heterocycles. The molecular formula is C16H26N4O2. The highest BCUT2D eigenvalue weighted by molar-refractivity contribution is 5.94. The van der Waals surface area contributed by atoms with Crippen molar-refractivity contribution >= 4 is 5.91 Å². The number of carbonyl (C=O) groups excluding carboxylic acids is 1. The largest absolute Gasteiger partial charge is 0.395 e. The van der Waals surface area contributed by atoms with E-state index in [0.29, 0.717) is 18.3 Å². The highest BCUT2D eigenvalue weighted by Gasteiger charge is 2.24. The number of aromatic nitrogens is 2. The molecule has 0 saturated carbocycles. The zero-order chi connectivity index (χ0) is 15.4. The number of likely N-dealkylation sites (tertiary alicyclic amines) is 1. The Morgan fingerprint density at radius 1 is 1.36 bits per heavy atom. The van der Waals surface area contributed by atoms with Crippen molar-refractivity contribution in [3.8, 4) is 0 Å². The van der Waals surface area contributed by atoms with Gasteiger partial charge in [0, 0.05) is 23.8 Å². The summed E-state index contributed by atoms with van der Waals surface area (Å²) >= 11 is 0. The molecule has 3 N–H and O–H groups in total.